The molecular weight excluding hydrogens is 394 g/mol. The number of nitrogens with zero attached hydrogens (tertiary/aromatic N) is 3. The summed E-state index contributed by atoms with van der Waals surface area (Å²) < 4.78 is 2.12. The Morgan fingerprint density at radius 2 is 1.74 bits per heavy atom. The van der Waals surface area contributed by atoms with E-state index < -0.39 is 5.97 Å². The smallest absolute Gasteiger partial charge is 0.332 e. The molecule has 0 fully saturated rings. The molecule has 1 heterocycles. The van der Waals surface area contributed by atoms with Crippen LogP contribution in [0, 0.1) is 17.0 Å². The van der Waals surface area contributed by atoms with Crippen LogP contribution in [0.3, 0.4) is 0 Å². The van der Waals surface area contributed by atoms with Crippen LogP contribution in [-0.4, -0.2) is 21.2 Å². The van der Waals surface area contributed by atoms with Gasteiger partial charge in [0, 0.05) is 58.5 Å². The first-order valence-electron chi connectivity index (χ1n) is 9.93. The third kappa shape index (κ3) is 3.66. The van der Waals surface area contributed by atoms with Gasteiger partial charge in [0.2, 0.25) is 0 Å². The van der Waals surface area contributed by atoms with Gasteiger partial charge >= 0.3 is 5.97 Å². The van der Waals surface area contributed by atoms with E-state index in [9.17, 15) is 14.9 Å². The first-order chi connectivity index (χ1) is 14.9. The molecular formula is C24H21N3O4. The number of fused-ring (bicyclic) bond motifs is 3. The van der Waals surface area contributed by atoms with Crippen molar-refractivity contribution in [2.24, 2.45) is 5.16 Å². The van der Waals surface area contributed by atoms with E-state index in [1.807, 2.05) is 56.3 Å². The molecule has 4 aromatic rings. The lowest BCUT2D eigenvalue weighted by molar-refractivity contribution is -0.384. The molecule has 7 heteroatoms. The second-order valence-electron chi connectivity index (χ2n) is 7.27. The largest absolute Gasteiger partial charge is 0.341 e. The van der Waals surface area contributed by atoms with Crippen LogP contribution < -0.4 is 0 Å². The van der Waals surface area contributed by atoms with Crippen molar-refractivity contribution in [3.05, 3.63) is 87.5 Å². The van der Waals surface area contributed by atoms with Crippen molar-refractivity contribution in [1.82, 2.24) is 4.57 Å². The Balaban J connectivity index is 2.00. The lowest BCUT2D eigenvalue weighted by Crippen LogP contribution is -2.08. The number of oxime groups is 1. The summed E-state index contributed by atoms with van der Waals surface area (Å²) in [6, 6.07) is 18.5. The second-order valence-corrected chi connectivity index (χ2v) is 7.27. The highest BCUT2D eigenvalue weighted by Gasteiger charge is 2.17. The van der Waals surface area contributed by atoms with Crippen molar-refractivity contribution in [1.29, 1.82) is 0 Å². The fraction of sp³-hybridized carbons (Fsp3) is 0.167. The summed E-state index contributed by atoms with van der Waals surface area (Å²) in [6.45, 7) is 6.03. The SMILES string of the molecule is CCn1c2ccc(/C(=N/OC(C)=O)c3ccccc3C)cc2c2cc([N+](=O)[O-])ccc21. The standard InChI is InChI=1S/C24H21N3O4/c1-4-26-22-11-9-17(13-20(22)21-14-18(27(29)30)10-12-23(21)26)24(25-31-16(3)28)19-8-6-5-7-15(19)2/h5-14H,4H2,1-3H3/b25-24-. The van der Waals surface area contributed by atoms with E-state index in [1.54, 1.807) is 12.1 Å². The molecule has 0 N–H and O–H groups in total. The number of rotatable bonds is 5. The maximum Gasteiger partial charge on any atom is 0.332 e. The Morgan fingerprint density at radius 3 is 2.39 bits per heavy atom. The average Bonchev–Trinajstić information content (AvgIpc) is 3.07. The number of non-ortho nitro benzene ring substituents is 1. The third-order valence-corrected chi connectivity index (χ3v) is 5.31. The monoisotopic (exact) mass is 415 g/mol. The van der Waals surface area contributed by atoms with Crippen LogP contribution in [0.4, 0.5) is 5.69 Å². The van der Waals surface area contributed by atoms with Gasteiger partial charge in [0.1, 0.15) is 5.71 Å². The molecule has 0 atom stereocenters. The van der Waals surface area contributed by atoms with E-state index in [2.05, 4.69) is 9.72 Å². The molecule has 0 amide bonds. The lowest BCUT2D eigenvalue weighted by atomic mass is 9.97. The Kier molecular flexibility index (Phi) is 5.25. The molecule has 0 aliphatic heterocycles. The van der Waals surface area contributed by atoms with Crippen molar-refractivity contribution >= 4 is 39.2 Å². The van der Waals surface area contributed by atoms with E-state index >= 15 is 0 Å². The quantitative estimate of drug-likeness (QED) is 0.190. The molecule has 0 unspecified atom stereocenters. The maximum absolute atomic E-state index is 11.4. The summed E-state index contributed by atoms with van der Waals surface area (Å²) in [5, 5.41) is 17.1. The highest BCUT2D eigenvalue weighted by Crippen LogP contribution is 2.33. The lowest BCUT2D eigenvalue weighted by Gasteiger charge is -2.10. The normalized spacial score (nSPS) is 11.8. The highest BCUT2D eigenvalue weighted by atomic mass is 16.7. The molecule has 0 bridgehead atoms. The van der Waals surface area contributed by atoms with Crippen LogP contribution in [0.15, 0.2) is 65.8 Å². The van der Waals surface area contributed by atoms with Gasteiger partial charge in [-0.2, -0.15) is 0 Å². The number of hydrogen-bond donors (Lipinski definition) is 0. The number of nitro benzene ring substituents is 1. The fourth-order valence-electron chi connectivity index (χ4n) is 3.90. The number of nitro groups is 1. The van der Waals surface area contributed by atoms with Crippen LogP contribution >= 0.6 is 0 Å². The number of benzene rings is 3. The zero-order valence-electron chi connectivity index (χ0n) is 17.5. The summed E-state index contributed by atoms with van der Waals surface area (Å²) in [7, 11) is 0. The van der Waals surface area contributed by atoms with Gasteiger partial charge in [-0.3, -0.25) is 10.1 Å². The highest BCUT2D eigenvalue weighted by molar-refractivity contribution is 6.17. The van der Waals surface area contributed by atoms with Gasteiger partial charge in [-0.15, -0.1) is 0 Å². The van der Waals surface area contributed by atoms with Gasteiger partial charge in [0.15, 0.2) is 0 Å². The molecule has 0 saturated carbocycles. The summed E-state index contributed by atoms with van der Waals surface area (Å²) in [6.07, 6.45) is 0. The van der Waals surface area contributed by atoms with Gasteiger partial charge in [0.05, 0.1) is 4.92 Å². The van der Waals surface area contributed by atoms with E-state index in [-0.39, 0.29) is 10.6 Å². The maximum atomic E-state index is 11.4. The Morgan fingerprint density at radius 1 is 1.06 bits per heavy atom. The van der Waals surface area contributed by atoms with E-state index in [4.69, 9.17) is 4.84 Å². The Hall–Kier alpha value is -4.00. The van der Waals surface area contributed by atoms with Crippen molar-refractivity contribution in [2.75, 3.05) is 0 Å². The van der Waals surface area contributed by atoms with E-state index in [0.29, 0.717) is 5.71 Å². The summed E-state index contributed by atoms with van der Waals surface area (Å²) in [4.78, 5) is 27.4. The third-order valence-electron chi connectivity index (χ3n) is 5.31. The molecule has 7 nitrogen and oxygen atoms in total. The predicted octanol–water partition coefficient (Wildman–Crippen LogP) is 5.35. The molecule has 0 aliphatic carbocycles. The molecule has 3 aromatic carbocycles. The molecule has 31 heavy (non-hydrogen) atoms. The minimum atomic E-state index is -0.509. The molecule has 156 valence electrons. The van der Waals surface area contributed by atoms with Crippen LogP contribution in [0.2, 0.25) is 0 Å². The first-order valence-corrected chi connectivity index (χ1v) is 9.93. The number of carbonyl (C=O) groups excluding carboxylic acids is 1. The van der Waals surface area contributed by atoms with Crippen LogP contribution in [0.1, 0.15) is 30.5 Å². The number of aromatic nitrogens is 1. The van der Waals surface area contributed by atoms with Crippen LogP contribution in [0.5, 0.6) is 0 Å². The average molecular weight is 415 g/mol. The fourth-order valence-corrected chi connectivity index (χ4v) is 3.90. The first kappa shape index (κ1) is 20.3. The van der Waals surface area contributed by atoms with Crippen molar-refractivity contribution in [3.8, 4) is 0 Å². The predicted molar refractivity (Wildman–Crippen MR) is 120 cm³/mol. The Labute approximate surface area is 178 Å². The Bertz CT molecular complexity index is 1370. The van der Waals surface area contributed by atoms with Crippen molar-refractivity contribution < 1.29 is 14.6 Å². The summed E-state index contributed by atoms with van der Waals surface area (Å²) in [5.74, 6) is -0.509. The number of hydrogen-bond acceptors (Lipinski definition) is 5. The van der Waals surface area contributed by atoms with Crippen molar-refractivity contribution in [2.45, 2.75) is 27.3 Å². The molecule has 4 rings (SSSR count). The van der Waals surface area contributed by atoms with E-state index in [0.717, 1.165) is 45.0 Å². The van der Waals surface area contributed by atoms with Crippen molar-refractivity contribution in [3.63, 3.8) is 0 Å². The molecule has 0 saturated heterocycles. The van der Waals surface area contributed by atoms with Gasteiger partial charge in [0.25, 0.3) is 5.69 Å². The van der Waals surface area contributed by atoms with E-state index in [1.165, 1.54) is 13.0 Å². The minimum Gasteiger partial charge on any atom is -0.341 e. The molecule has 0 spiro atoms. The molecule has 0 aliphatic rings. The van der Waals surface area contributed by atoms with Gasteiger partial charge in [-0.25, -0.2) is 4.79 Å². The minimum absolute atomic E-state index is 0.0424. The summed E-state index contributed by atoms with van der Waals surface area (Å²) in [5.41, 5.74) is 5.05. The van der Waals surface area contributed by atoms with Gasteiger partial charge in [-0.05, 0) is 37.6 Å². The zero-order valence-corrected chi connectivity index (χ0v) is 17.5. The molecule has 1 aromatic heterocycles. The number of carbonyl (C=O) groups is 1. The number of aryl methyl sites for hydroxylation is 2. The summed E-state index contributed by atoms with van der Waals surface area (Å²) >= 11 is 0. The van der Waals surface area contributed by atoms with Crippen LogP contribution in [0.25, 0.3) is 21.8 Å². The molecule has 0 radical (unpaired) electrons. The van der Waals surface area contributed by atoms with Gasteiger partial charge in [-0.1, -0.05) is 35.5 Å². The topological polar surface area (TPSA) is 86.7 Å². The second kappa shape index (κ2) is 8.02. The zero-order chi connectivity index (χ0) is 22.1. The van der Waals surface area contributed by atoms with Crippen LogP contribution in [-0.2, 0) is 16.2 Å². The van der Waals surface area contributed by atoms with Gasteiger partial charge < -0.3 is 9.40 Å².